The number of allylic oxidation sites excluding steroid dienone is 4. The number of hydrogen-bond acceptors (Lipinski definition) is 3. The van der Waals surface area contributed by atoms with Crippen molar-refractivity contribution in [2.24, 2.45) is 0 Å². The van der Waals surface area contributed by atoms with Gasteiger partial charge in [0.25, 0.3) is 0 Å². The summed E-state index contributed by atoms with van der Waals surface area (Å²) in [6, 6.07) is 9.93. The molecule has 0 amide bonds. The Hall–Kier alpha value is -2.13. The van der Waals surface area contributed by atoms with Gasteiger partial charge >= 0.3 is 5.97 Å². The maximum Gasteiger partial charge on any atom is 0.342 e. The van der Waals surface area contributed by atoms with Crippen molar-refractivity contribution >= 4 is 5.97 Å². The van der Waals surface area contributed by atoms with Gasteiger partial charge in [0, 0.05) is 12.8 Å². The van der Waals surface area contributed by atoms with Gasteiger partial charge in [0.15, 0.2) is 0 Å². The molecule has 1 atom stereocenters. The van der Waals surface area contributed by atoms with Crippen molar-refractivity contribution in [1.82, 2.24) is 0 Å². The maximum absolute atomic E-state index is 11.8. The van der Waals surface area contributed by atoms with E-state index in [9.17, 15) is 9.90 Å². The van der Waals surface area contributed by atoms with Crippen LogP contribution in [0.2, 0.25) is 0 Å². The Bertz CT molecular complexity index is 730. The first kappa shape index (κ1) is 26.1. The van der Waals surface area contributed by atoms with Crippen LogP contribution in [0, 0.1) is 0 Å². The molecule has 2 rings (SSSR count). The lowest BCUT2D eigenvalue weighted by molar-refractivity contribution is -0.141. The Morgan fingerprint density at radius 3 is 2.22 bits per heavy atom. The van der Waals surface area contributed by atoms with E-state index in [2.05, 4.69) is 31.2 Å². The lowest BCUT2D eigenvalue weighted by atomic mass is 9.97. The van der Waals surface area contributed by atoms with E-state index in [0.717, 1.165) is 43.2 Å². The number of carbonyl (C=O) groups excluding carboxylic acids is 1. The zero-order valence-electron chi connectivity index (χ0n) is 19.9. The van der Waals surface area contributed by atoms with Crippen LogP contribution in [0.1, 0.15) is 96.0 Å². The van der Waals surface area contributed by atoms with Gasteiger partial charge in [0.1, 0.15) is 5.76 Å². The molecular formula is C29H42O3. The van der Waals surface area contributed by atoms with Crippen LogP contribution >= 0.6 is 0 Å². The molecule has 0 saturated carbocycles. The van der Waals surface area contributed by atoms with Gasteiger partial charge in [-0.15, -0.1) is 0 Å². The summed E-state index contributed by atoms with van der Waals surface area (Å²) in [7, 11) is 0. The first-order valence-electron chi connectivity index (χ1n) is 12.7. The monoisotopic (exact) mass is 438 g/mol. The molecule has 0 fully saturated rings. The number of unbranched alkanes of at least 4 members (excludes halogenated alkanes) is 8. The summed E-state index contributed by atoms with van der Waals surface area (Å²) in [4.78, 5) is 11.8. The quantitative estimate of drug-likeness (QED) is 0.146. The largest absolute Gasteiger partial charge is 0.427 e. The predicted molar refractivity (Wildman–Crippen MR) is 133 cm³/mol. The van der Waals surface area contributed by atoms with Crippen LogP contribution in [0.25, 0.3) is 0 Å². The highest BCUT2D eigenvalue weighted by atomic mass is 16.6. The number of hydrogen-bond donors (Lipinski definition) is 1. The highest BCUT2D eigenvalue weighted by molar-refractivity contribution is 5.95. The molecule has 0 spiro atoms. The zero-order chi connectivity index (χ0) is 22.9. The number of ether oxygens (including phenoxy) is 1. The summed E-state index contributed by atoms with van der Waals surface area (Å²) >= 11 is 0. The fourth-order valence-corrected chi connectivity index (χ4v) is 3.95. The molecule has 1 aliphatic rings. The molecule has 0 radical (unpaired) electrons. The molecule has 1 aliphatic heterocycles. The van der Waals surface area contributed by atoms with Crippen molar-refractivity contribution in [3.63, 3.8) is 0 Å². The van der Waals surface area contributed by atoms with Crippen molar-refractivity contribution in [2.45, 2.75) is 103 Å². The Balaban J connectivity index is 1.47. The Labute approximate surface area is 195 Å². The number of carbonyl (C=O) groups is 1. The standard InChI is InChI=1S/C29H42O3/c1-2-3-4-5-6-7-8-9-10-11-12-13-14-15-19-22-26(30)24-28-27(29(31)32-28)23-25-20-17-16-18-21-25/h6-7,9-10,16-18,20-21,26,30H,2-5,8,11-15,19,22-24H2,1H3/b7-6-,10-9-/t26-/m0/s1. The molecule has 0 aromatic heterocycles. The lowest BCUT2D eigenvalue weighted by Gasteiger charge is -2.24. The molecule has 3 nitrogen and oxygen atoms in total. The third kappa shape index (κ3) is 10.9. The predicted octanol–water partition coefficient (Wildman–Crippen LogP) is 7.60. The first-order chi connectivity index (χ1) is 15.7. The SMILES string of the molecule is CCCCC/C=C\C/C=C\CCCCCCC[C@H](O)CC1=C(Cc2ccccc2)C(=O)O1. The Kier molecular flexibility index (Phi) is 13.5. The maximum atomic E-state index is 11.8. The van der Waals surface area contributed by atoms with Gasteiger partial charge in [-0.3, -0.25) is 0 Å². The summed E-state index contributed by atoms with van der Waals surface area (Å²) in [5.41, 5.74) is 1.81. The van der Waals surface area contributed by atoms with Gasteiger partial charge in [-0.1, -0.05) is 100 Å². The minimum atomic E-state index is -0.429. The van der Waals surface area contributed by atoms with E-state index in [1.54, 1.807) is 0 Å². The van der Waals surface area contributed by atoms with Crippen molar-refractivity contribution in [3.05, 3.63) is 71.5 Å². The van der Waals surface area contributed by atoms with E-state index >= 15 is 0 Å². The van der Waals surface area contributed by atoms with Crippen LogP contribution in [-0.4, -0.2) is 17.2 Å². The molecule has 0 aliphatic carbocycles. The molecule has 176 valence electrons. The van der Waals surface area contributed by atoms with Crippen LogP contribution in [0.4, 0.5) is 0 Å². The van der Waals surface area contributed by atoms with E-state index in [4.69, 9.17) is 4.74 Å². The normalized spacial score (nSPS) is 14.9. The van der Waals surface area contributed by atoms with E-state index in [0.29, 0.717) is 18.6 Å². The molecule has 1 heterocycles. The number of aliphatic hydroxyl groups excluding tert-OH is 1. The second kappa shape index (κ2) is 16.5. The summed E-state index contributed by atoms with van der Waals surface area (Å²) in [6.07, 6.45) is 23.8. The molecule has 0 saturated heterocycles. The molecule has 1 aromatic carbocycles. The number of benzene rings is 1. The summed E-state index contributed by atoms with van der Waals surface area (Å²) < 4.78 is 5.19. The minimum absolute atomic E-state index is 0.243. The highest BCUT2D eigenvalue weighted by Crippen LogP contribution is 2.29. The van der Waals surface area contributed by atoms with Crippen LogP contribution < -0.4 is 0 Å². The fraction of sp³-hybridized carbons (Fsp3) is 0.552. The van der Waals surface area contributed by atoms with Crippen LogP contribution in [0.15, 0.2) is 66.0 Å². The van der Waals surface area contributed by atoms with Crippen molar-refractivity contribution in [2.75, 3.05) is 0 Å². The summed E-state index contributed by atoms with van der Waals surface area (Å²) in [6.45, 7) is 2.24. The molecule has 32 heavy (non-hydrogen) atoms. The van der Waals surface area contributed by atoms with Gasteiger partial charge in [-0.2, -0.15) is 0 Å². The van der Waals surface area contributed by atoms with Crippen molar-refractivity contribution in [1.29, 1.82) is 0 Å². The van der Waals surface area contributed by atoms with Crippen LogP contribution in [0.3, 0.4) is 0 Å². The van der Waals surface area contributed by atoms with Gasteiger partial charge in [0.2, 0.25) is 0 Å². The van der Waals surface area contributed by atoms with Gasteiger partial charge in [-0.25, -0.2) is 4.79 Å². The van der Waals surface area contributed by atoms with Crippen LogP contribution in [0.5, 0.6) is 0 Å². The molecule has 0 unspecified atom stereocenters. The van der Waals surface area contributed by atoms with E-state index in [-0.39, 0.29) is 5.97 Å². The van der Waals surface area contributed by atoms with Crippen molar-refractivity contribution < 1.29 is 14.6 Å². The second-order valence-corrected chi connectivity index (χ2v) is 8.83. The molecular weight excluding hydrogens is 396 g/mol. The molecule has 3 heteroatoms. The zero-order valence-corrected chi connectivity index (χ0v) is 19.9. The van der Waals surface area contributed by atoms with Crippen molar-refractivity contribution in [3.8, 4) is 0 Å². The fourth-order valence-electron chi connectivity index (χ4n) is 3.95. The topological polar surface area (TPSA) is 46.5 Å². The first-order valence-corrected chi connectivity index (χ1v) is 12.7. The number of esters is 1. The number of aliphatic hydroxyl groups is 1. The Morgan fingerprint density at radius 2 is 1.53 bits per heavy atom. The molecule has 0 bridgehead atoms. The minimum Gasteiger partial charge on any atom is -0.427 e. The van der Waals surface area contributed by atoms with Gasteiger partial charge in [0.05, 0.1) is 11.7 Å². The molecule has 1 N–H and O–H groups in total. The van der Waals surface area contributed by atoms with Crippen LogP contribution in [-0.2, 0) is 16.0 Å². The Morgan fingerprint density at radius 1 is 0.875 bits per heavy atom. The van der Waals surface area contributed by atoms with E-state index in [1.165, 1.54) is 44.9 Å². The summed E-state index contributed by atoms with van der Waals surface area (Å²) in [5.74, 6) is 0.432. The summed E-state index contributed by atoms with van der Waals surface area (Å²) in [5, 5.41) is 10.3. The number of cyclic esters (lactones) is 1. The highest BCUT2D eigenvalue weighted by Gasteiger charge is 2.30. The average Bonchev–Trinajstić information content (AvgIpc) is 2.80. The smallest absolute Gasteiger partial charge is 0.342 e. The molecule has 1 aromatic rings. The third-order valence-electron chi connectivity index (χ3n) is 5.93. The van der Waals surface area contributed by atoms with E-state index in [1.807, 2.05) is 30.3 Å². The third-order valence-corrected chi connectivity index (χ3v) is 5.93. The second-order valence-electron chi connectivity index (χ2n) is 8.83. The van der Waals surface area contributed by atoms with E-state index < -0.39 is 6.10 Å². The lowest BCUT2D eigenvalue weighted by Crippen LogP contribution is -2.26. The number of rotatable bonds is 18. The van der Waals surface area contributed by atoms with Gasteiger partial charge in [-0.05, 0) is 44.1 Å². The van der Waals surface area contributed by atoms with Gasteiger partial charge < -0.3 is 9.84 Å². The average molecular weight is 439 g/mol.